The van der Waals surface area contributed by atoms with Gasteiger partial charge in [0.2, 0.25) is 11.8 Å². The zero-order valence-electron chi connectivity index (χ0n) is 18.2. The lowest BCUT2D eigenvalue weighted by Crippen LogP contribution is -2.44. The number of carbonyl (C=O) groups is 2. The molecule has 11 heteroatoms. The Kier molecular flexibility index (Phi) is 6.76. The van der Waals surface area contributed by atoms with Gasteiger partial charge in [-0.05, 0) is 12.1 Å². The largest absolute Gasteiger partial charge is 0.497 e. The predicted octanol–water partition coefficient (Wildman–Crippen LogP) is 1.89. The van der Waals surface area contributed by atoms with Crippen molar-refractivity contribution in [2.75, 3.05) is 34.9 Å². The summed E-state index contributed by atoms with van der Waals surface area (Å²) in [5.74, 6) is 0.358. The summed E-state index contributed by atoms with van der Waals surface area (Å²) in [7, 11) is 6.28. The second-order valence-corrected chi connectivity index (χ2v) is 7.37. The smallest absolute Gasteiger partial charge is 0.288 e. The van der Waals surface area contributed by atoms with Gasteiger partial charge < -0.3 is 24.0 Å². The summed E-state index contributed by atoms with van der Waals surface area (Å²) in [4.78, 5) is 43.3. The number of nitrogens with zero attached hydrogens (tertiary/aromatic N) is 4. The van der Waals surface area contributed by atoms with Gasteiger partial charge in [-0.3, -0.25) is 19.7 Å². The molecule has 0 aliphatic carbocycles. The van der Waals surface area contributed by atoms with Gasteiger partial charge in [-0.2, -0.15) is 0 Å². The molecule has 2 heterocycles. The molecular weight excluding hydrogens is 420 g/mol. The fraction of sp³-hybridized carbons (Fsp3) is 0.381. The highest BCUT2D eigenvalue weighted by molar-refractivity contribution is 5.97. The minimum absolute atomic E-state index is 0.00159. The normalized spacial score (nSPS) is 15.3. The Hall–Kier alpha value is -3.89. The van der Waals surface area contributed by atoms with Crippen molar-refractivity contribution in [2.45, 2.75) is 19.0 Å². The first-order valence-electron chi connectivity index (χ1n) is 9.74. The van der Waals surface area contributed by atoms with Crippen molar-refractivity contribution >= 4 is 17.5 Å². The number of nitro groups is 1. The van der Waals surface area contributed by atoms with Crippen molar-refractivity contribution in [1.29, 1.82) is 0 Å². The maximum absolute atomic E-state index is 13.5. The highest BCUT2D eigenvalue weighted by atomic mass is 16.6. The van der Waals surface area contributed by atoms with Crippen LogP contribution in [0.1, 0.15) is 22.3 Å². The molecule has 170 valence electrons. The highest BCUT2D eigenvalue weighted by Crippen LogP contribution is 2.31. The third kappa shape index (κ3) is 4.71. The van der Waals surface area contributed by atoms with Crippen LogP contribution in [0, 0.1) is 10.1 Å². The van der Waals surface area contributed by atoms with Crippen LogP contribution < -0.4 is 14.2 Å². The van der Waals surface area contributed by atoms with Gasteiger partial charge in [-0.1, -0.05) is 0 Å². The van der Waals surface area contributed by atoms with Gasteiger partial charge >= 0.3 is 0 Å². The zero-order chi connectivity index (χ0) is 23.4. The van der Waals surface area contributed by atoms with E-state index in [1.807, 2.05) is 0 Å². The first-order chi connectivity index (χ1) is 15.2. The molecule has 0 unspecified atom stereocenters. The SMILES string of the molecule is COc1ccc(CN2C(=O)c3cc([N+](=O)[O-])cnc3OC[C@@H]2CC(=O)N(C)C)c(OC)c1. The molecule has 11 nitrogen and oxygen atoms in total. The van der Waals surface area contributed by atoms with Crippen LogP contribution in [0.3, 0.4) is 0 Å². The van der Waals surface area contributed by atoms with E-state index < -0.39 is 16.9 Å². The maximum Gasteiger partial charge on any atom is 0.288 e. The van der Waals surface area contributed by atoms with Crippen molar-refractivity contribution in [3.05, 3.63) is 51.7 Å². The number of methoxy groups -OCH3 is 2. The van der Waals surface area contributed by atoms with E-state index in [9.17, 15) is 19.7 Å². The molecule has 0 bridgehead atoms. The number of aromatic nitrogens is 1. The second-order valence-electron chi connectivity index (χ2n) is 7.37. The molecule has 2 aromatic rings. The number of carbonyl (C=O) groups excluding carboxylic acids is 2. The summed E-state index contributed by atoms with van der Waals surface area (Å²) in [6.07, 6.45) is 1.04. The van der Waals surface area contributed by atoms with E-state index in [1.54, 1.807) is 32.3 Å². The van der Waals surface area contributed by atoms with E-state index in [4.69, 9.17) is 14.2 Å². The van der Waals surface area contributed by atoms with Gasteiger partial charge in [0.15, 0.2) is 0 Å². The Morgan fingerprint density at radius 2 is 2.06 bits per heavy atom. The van der Waals surface area contributed by atoms with Crippen molar-refractivity contribution in [3.63, 3.8) is 0 Å². The van der Waals surface area contributed by atoms with E-state index in [2.05, 4.69) is 4.98 Å². The number of pyridine rings is 1. The molecule has 1 aromatic heterocycles. The van der Waals surface area contributed by atoms with Gasteiger partial charge in [0.05, 0.1) is 38.2 Å². The van der Waals surface area contributed by atoms with Gasteiger partial charge in [-0.25, -0.2) is 4.98 Å². The van der Waals surface area contributed by atoms with Crippen LogP contribution in [-0.4, -0.2) is 72.5 Å². The Bertz CT molecular complexity index is 1040. The van der Waals surface area contributed by atoms with E-state index >= 15 is 0 Å². The number of hydrogen-bond acceptors (Lipinski definition) is 8. The second kappa shape index (κ2) is 9.50. The van der Waals surface area contributed by atoms with Crippen LogP contribution >= 0.6 is 0 Å². The Balaban J connectivity index is 2.03. The molecule has 0 radical (unpaired) electrons. The van der Waals surface area contributed by atoms with Crippen LogP contribution in [0.4, 0.5) is 5.69 Å². The molecule has 0 spiro atoms. The Morgan fingerprint density at radius 1 is 1.31 bits per heavy atom. The molecular formula is C21H24N4O7. The lowest BCUT2D eigenvalue weighted by Gasteiger charge is -2.30. The molecule has 2 amide bonds. The number of benzene rings is 1. The van der Waals surface area contributed by atoms with Crippen molar-refractivity contribution < 1.29 is 28.7 Å². The Labute approximate surface area is 184 Å². The third-order valence-electron chi connectivity index (χ3n) is 5.14. The van der Waals surface area contributed by atoms with Gasteiger partial charge in [0, 0.05) is 31.8 Å². The molecule has 1 atom stereocenters. The Morgan fingerprint density at radius 3 is 2.69 bits per heavy atom. The summed E-state index contributed by atoms with van der Waals surface area (Å²) in [5, 5.41) is 11.2. The van der Waals surface area contributed by atoms with Gasteiger partial charge in [-0.15, -0.1) is 0 Å². The standard InChI is InChI=1S/C21H24N4O7/c1-23(2)19(26)8-15-12-32-20-17(7-14(10-22-20)25(28)29)21(27)24(15)11-13-5-6-16(30-3)9-18(13)31-4/h5-7,9-10,15H,8,11-12H2,1-4H3/t15-/m0/s1. The van der Waals surface area contributed by atoms with E-state index in [0.717, 1.165) is 12.3 Å². The number of hydrogen-bond donors (Lipinski definition) is 0. The van der Waals surface area contributed by atoms with Crippen LogP contribution in [0.2, 0.25) is 0 Å². The summed E-state index contributed by atoms with van der Waals surface area (Å²) >= 11 is 0. The lowest BCUT2D eigenvalue weighted by atomic mass is 10.1. The quantitative estimate of drug-likeness (QED) is 0.468. The number of fused-ring (bicyclic) bond motifs is 1. The lowest BCUT2D eigenvalue weighted by molar-refractivity contribution is -0.385. The highest BCUT2D eigenvalue weighted by Gasteiger charge is 2.35. The number of ether oxygens (including phenoxy) is 3. The van der Waals surface area contributed by atoms with E-state index in [-0.39, 0.29) is 42.6 Å². The van der Waals surface area contributed by atoms with Gasteiger partial charge in [0.25, 0.3) is 11.6 Å². The van der Waals surface area contributed by atoms with Gasteiger partial charge in [0.1, 0.15) is 29.9 Å². The maximum atomic E-state index is 13.5. The molecule has 0 saturated heterocycles. The topological polar surface area (TPSA) is 124 Å². The molecule has 0 N–H and O–H groups in total. The predicted molar refractivity (Wildman–Crippen MR) is 113 cm³/mol. The molecule has 1 aliphatic rings. The monoisotopic (exact) mass is 444 g/mol. The van der Waals surface area contributed by atoms with Crippen LogP contribution in [0.25, 0.3) is 0 Å². The summed E-state index contributed by atoms with van der Waals surface area (Å²) in [6, 6.07) is 5.69. The molecule has 32 heavy (non-hydrogen) atoms. The van der Waals surface area contributed by atoms with Crippen molar-refractivity contribution in [3.8, 4) is 17.4 Å². The van der Waals surface area contributed by atoms with Crippen LogP contribution in [0.5, 0.6) is 17.4 Å². The summed E-state index contributed by atoms with van der Waals surface area (Å²) in [6.45, 7) is 0.0878. The van der Waals surface area contributed by atoms with Crippen molar-refractivity contribution in [2.24, 2.45) is 0 Å². The molecule has 1 aromatic carbocycles. The first kappa shape index (κ1) is 22.8. The minimum Gasteiger partial charge on any atom is -0.497 e. The number of amides is 2. The summed E-state index contributed by atoms with van der Waals surface area (Å²) < 4.78 is 16.4. The molecule has 0 fully saturated rings. The molecule has 1 aliphatic heterocycles. The fourth-order valence-corrected chi connectivity index (χ4v) is 3.32. The average molecular weight is 444 g/mol. The number of rotatable bonds is 7. The fourth-order valence-electron chi connectivity index (χ4n) is 3.32. The van der Waals surface area contributed by atoms with Crippen molar-refractivity contribution in [1.82, 2.24) is 14.8 Å². The molecule has 0 saturated carbocycles. The molecule has 3 rings (SSSR count). The third-order valence-corrected chi connectivity index (χ3v) is 5.14. The van der Waals surface area contributed by atoms with Crippen LogP contribution in [0.15, 0.2) is 30.5 Å². The minimum atomic E-state index is -0.630. The first-order valence-corrected chi connectivity index (χ1v) is 9.74. The van der Waals surface area contributed by atoms with E-state index in [0.29, 0.717) is 17.1 Å². The van der Waals surface area contributed by atoms with E-state index in [1.165, 1.54) is 24.0 Å². The zero-order valence-corrected chi connectivity index (χ0v) is 18.2. The summed E-state index contributed by atoms with van der Waals surface area (Å²) in [5.41, 5.74) is 0.308. The average Bonchev–Trinajstić information content (AvgIpc) is 2.90. The van der Waals surface area contributed by atoms with Crippen LogP contribution in [-0.2, 0) is 11.3 Å².